The molecule has 2 saturated heterocycles. The minimum atomic E-state index is -1.23. The molecule has 2 N–H and O–H groups in total. The number of hydrogen-bond donors (Lipinski definition) is 1. The van der Waals surface area contributed by atoms with Gasteiger partial charge in [0.05, 0.1) is 6.54 Å². The van der Waals surface area contributed by atoms with Crippen LogP contribution in [0.15, 0.2) is 0 Å². The zero-order valence-corrected chi connectivity index (χ0v) is 14.2. The fraction of sp³-hybridized carbons (Fsp3) is 0.667. The van der Waals surface area contributed by atoms with E-state index >= 15 is 0 Å². The normalized spacial score (nSPS) is 20.7. The van der Waals surface area contributed by atoms with Crippen molar-refractivity contribution >= 4 is 29.7 Å². The molecule has 0 spiro atoms. The number of carbonyl (C=O) groups is 5. The van der Waals surface area contributed by atoms with Gasteiger partial charge in [-0.15, -0.1) is 0 Å². The molecule has 2 fully saturated rings. The van der Waals surface area contributed by atoms with Gasteiger partial charge >= 0.3 is 6.03 Å². The highest BCUT2D eigenvalue weighted by Crippen LogP contribution is 2.27. The van der Waals surface area contributed by atoms with Crippen LogP contribution in [0.5, 0.6) is 0 Å². The third-order valence-electron chi connectivity index (χ3n) is 4.33. The molecule has 0 aliphatic carbocycles. The number of fused-ring (bicyclic) bond motifs is 1. The number of hydrogen-bond acceptors (Lipinski definition) is 6. The van der Waals surface area contributed by atoms with Crippen LogP contribution in [-0.4, -0.2) is 76.6 Å². The fourth-order valence-electron chi connectivity index (χ4n) is 3.15. The number of urea groups is 1. The van der Waals surface area contributed by atoms with Crippen LogP contribution in [0.2, 0.25) is 0 Å². The van der Waals surface area contributed by atoms with Crippen LogP contribution in [-0.2, 0) is 19.2 Å². The maximum absolute atomic E-state index is 12.4. The van der Waals surface area contributed by atoms with Gasteiger partial charge in [0.1, 0.15) is 12.6 Å². The number of amides is 5. The number of piperazine rings is 1. The van der Waals surface area contributed by atoms with Gasteiger partial charge < -0.3 is 25.4 Å². The summed E-state index contributed by atoms with van der Waals surface area (Å²) in [6, 6.07) is -1.42. The predicted octanol–water partition coefficient (Wildman–Crippen LogP) is -2.50. The minimum absolute atomic E-state index is 0.0131. The number of rotatable bonds is 6. The maximum atomic E-state index is 12.4. The molecule has 0 saturated carbocycles. The summed E-state index contributed by atoms with van der Waals surface area (Å²) >= 11 is 0. The molecule has 1 atom stereocenters. The van der Waals surface area contributed by atoms with Gasteiger partial charge in [0.2, 0.25) is 11.8 Å². The molecule has 0 aromatic heterocycles. The van der Waals surface area contributed by atoms with Gasteiger partial charge in [0, 0.05) is 25.5 Å². The second-order valence-electron chi connectivity index (χ2n) is 7.11. The van der Waals surface area contributed by atoms with Crippen molar-refractivity contribution in [3.8, 4) is 0 Å². The molecule has 2 heterocycles. The zero-order chi connectivity index (χ0) is 18.9. The van der Waals surface area contributed by atoms with Crippen molar-refractivity contribution in [2.24, 2.45) is 11.1 Å². The number of aliphatic carboxylic acids is 1. The van der Waals surface area contributed by atoms with E-state index in [9.17, 15) is 29.1 Å². The number of carboxylic acids is 1. The first kappa shape index (κ1) is 18.7. The van der Waals surface area contributed by atoms with Gasteiger partial charge in [-0.25, -0.2) is 4.79 Å². The quantitative estimate of drug-likeness (QED) is 0.523. The smallest absolute Gasteiger partial charge is 0.328 e. The largest absolute Gasteiger partial charge is 0.550 e. The Balaban J connectivity index is 2.03. The van der Waals surface area contributed by atoms with Gasteiger partial charge in [-0.3, -0.25) is 19.3 Å². The first-order chi connectivity index (χ1) is 11.5. The summed E-state index contributed by atoms with van der Waals surface area (Å²) in [4.78, 5) is 62.2. The number of nitrogens with zero attached hydrogens (tertiary/aromatic N) is 3. The average Bonchev–Trinajstić information content (AvgIpc) is 2.69. The van der Waals surface area contributed by atoms with Crippen LogP contribution in [0.4, 0.5) is 4.79 Å². The molecule has 25 heavy (non-hydrogen) atoms. The predicted molar refractivity (Wildman–Crippen MR) is 81.4 cm³/mol. The fourth-order valence-corrected chi connectivity index (χ4v) is 3.15. The van der Waals surface area contributed by atoms with Crippen molar-refractivity contribution in [3.05, 3.63) is 0 Å². The summed E-state index contributed by atoms with van der Waals surface area (Å²) in [7, 11) is 0. The molecule has 0 aromatic carbocycles. The summed E-state index contributed by atoms with van der Waals surface area (Å²) < 4.78 is 0. The molecule has 0 aromatic rings. The molecule has 2 aliphatic rings. The number of imide groups is 1. The molecular formula is C15H21N4O6-. The highest BCUT2D eigenvalue weighted by atomic mass is 16.4. The van der Waals surface area contributed by atoms with Gasteiger partial charge in [-0.1, -0.05) is 13.8 Å². The standard InChI is InChI=1S/C15H22N4O6/c1-15(2,6-12(22)23)5-11(21)17-3-4-18-9(7-17)13(24)19(14(18)25)8-10(16)20/h9H,3-8H2,1-2H3,(H2,16,20)(H,22,23)/p-1/t9-/m0/s1. The van der Waals surface area contributed by atoms with Crippen LogP contribution in [0, 0.1) is 5.41 Å². The molecular weight excluding hydrogens is 332 g/mol. The number of carboxylic acid groups (broad SMARTS) is 1. The van der Waals surface area contributed by atoms with E-state index in [1.165, 1.54) is 9.80 Å². The average molecular weight is 353 g/mol. The molecule has 0 radical (unpaired) electrons. The number of primary amides is 1. The van der Waals surface area contributed by atoms with Crippen LogP contribution >= 0.6 is 0 Å². The second-order valence-corrected chi connectivity index (χ2v) is 7.11. The van der Waals surface area contributed by atoms with E-state index in [-0.39, 0.29) is 38.4 Å². The monoisotopic (exact) mass is 353 g/mol. The molecule has 2 rings (SSSR count). The van der Waals surface area contributed by atoms with Crippen LogP contribution < -0.4 is 10.8 Å². The molecule has 0 bridgehead atoms. The molecule has 5 amide bonds. The van der Waals surface area contributed by atoms with E-state index in [0.29, 0.717) is 0 Å². The van der Waals surface area contributed by atoms with Crippen molar-refractivity contribution in [2.75, 3.05) is 26.2 Å². The van der Waals surface area contributed by atoms with Crippen molar-refractivity contribution in [1.29, 1.82) is 0 Å². The SMILES string of the molecule is CC(C)(CC(=O)[O-])CC(=O)N1CCN2C(=O)N(CC(N)=O)C(=O)[C@@H]2C1. The number of nitrogens with two attached hydrogens (primary N) is 1. The Morgan fingerprint density at radius 3 is 2.40 bits per heavy atom. The van der Waals surface area contributed by atoms with Crippen LogP contribution in [0.25, 0.3) is 0 Å². The van der Waals surface area contributed by atoms with E-state index in [1.807, 2.05) is 0 Å². The third kappa shape index (κ3) is 4.06. The Kier molecular flexibility index (Phi) is 5.00. The molecule has 10 heteroatoms. The van der Waals surface area contributed by atoms with Gasteiger partial charge in [-0.2, -0.15) is 0 Å². The summed E-state index contributed by atoms with van der Waals surface area (Å²) in [5, 5.41) is 10.8. The Bertz CT molecular complexity index is 632. The molecule has 138 valence electrons. The van der Waals surface area contributed by atoms with E-state index in [1.54, 1.807) is 13.8 Å². The lowest BCUT2D eigenvalue weighted by Gasteiger charge is -2.37. The van der Waals surface area contributed by atoms with Crippen LogP contribution in [0.3, 0.4) is 0 Å². The second kappa shape index (κ2) is 6.69. The highest BCUT2D eigenvalue weighted by molar-refractivity contribution is 6.06. The van der Waals surface area contributed by atoms with E-state index < -0.39 is 41.8 Å². The molecule has 2 aliphatic heterocycles. The number of carbonyl (C=O) groups excluding carboxylic acids is 5. The summed E-state index contributed by atoms with van der Waals surface area (Å²) in [5.74, 6) is -2.88. The van der Waals surface area contributed by atoms with E-state index in [2.05, 4.69) is 0 Å². The summed E-state index contributed by atoms with van der Waals surface area (Å²) in [6.07, 6.45) is -0.271. The van der Waals surface area contributed by atoms with Crippen LogP contribution in [0.1, 0.15) is 26.7 Å². The maximum Gasteiger partial charge on any atom is 0.328 e. The first-order valence-corrected chi connectivity index (χ1v) is 7.90. The zero-order valence-electron chi connectivity index (χ0n) is 14.2. The van der Waals surface area contributed by atoms with Crippen molar-refractivity contribution in [2.45, 2.75) is 32.7 Å². The van der Waals surface area contributed by atoms with Gasteiger partial charge in [-0.05, 0) is 11.8 Å². The van der Waals surface area contributed by atoms with Gasteiger partial charge in [0.25, 0.3) is 5.91 Å². The van der Waals surface area contributed by atoms with Gasteiger partial charge in [0.15, 0.2) is 0 Å². The topological polar surface area (TPSA) is 144 Å². The van der Waals surface area contributed by atoms with E-state index in [0.717, 1.165) is 4.90 Å². The summed E-state index contributed by atoms with van der Waals surface area (Å²) in [6.45, 7) is 3.22. The minimum Gasteiger partial charge on any atom is -0.550 e. The third-order valence-corrected chi connectivity index (χ3v) is 4.33. The first-order valence-electron chi connectivity index (χ1n) is 7.90. The highest BCUT2D eigenvalue weighted by Gasteiger charge is 2.48. The Labute approximate surface area is 144 Å². The van der Waals surface area contributed by atoms with Crippen molar-refractivity contribution < 1.29 is 29.1 Å². The van der Waals surface area contributed by atoms with E-state index in [4.69, 9.17) is 5.73 Å². The molecule has 0 unspecified atom stereocenters. The lowest BCUT2D eigenvalue weighted by atomic mass is 9.85. The van der Waals surface area contributed by atoms with Crippen molar-refractivity contribution in [3.63, 3.8) is 0 Å². The van der Waals surface area contributed by atoms with Crippen molar-refractivity contribution in [1.82, 2.24) is 14.7 Å². The molecule has 10 nitrogen and oxygen atoms in total. The Morgan fingerprint density at radius 1 is 1.20 bits per heavy atom. The Morgan fingerprint density at radius 2 is 1.84 bits per heavy atom. The lowest BCUT2D eigenvalue weighted by Crippen LogP contribution is -2.55. The summed E-state index contributed by atoms with van der Waals surface area (Å²) in [5.41, 5.74) is 4.27. The lowest BCUT2D eigenvalue weighted by molar-refractivity contribution is -0.307. The Hall–Kier alpha value is -2.65.